The van der Waals surface area contributed by atoms with E-state index in [1.54, 1.807) is 18.2 Å². The molecule has 0 radical (unpaired) electrons. The highest BCUT2D eigenvalue weighted by Gasteiger charge is 2.10. The van der Waals surface area contributed by atoms with Crippen molar-refractivity contribution >= 4 is 40.7 Å². The lowest BCUT2D eigenvalue weighted by molar-refractivity contribution is -0.123. The molecule has 4 nitrogen and oxygen atoms in total. The second kappa shape index (κ2) is 7.99. The van der Waals surface area contributed by atoms with Crippen molar-refractivity contribution in [2.75, 3.05) is 11.9 Å². The van der Waals surface area contributed by atoms with Crippen LogP contribution in [0.4, 0.5) is 5.69 Å². The number of hydrogen-bond acceptors (Lipinski definition) is 2. The Morgan fingerprint density at radius 2 is 1.70 bits per heavy atom. The molecule has 2 amide bonds. The minimum atomic E-state index is -0.369. The molecule has 2 N–H and O–H groups in total. The van der Waals surface area contributed by atoms with Crippen LogP contribution in [0.25, 0.3) is 0 Å². The zero-order valence-electron chi connectivity index (χ0n) is 12.5. The van der Waals surface area contributed by atoms with Crippen molar-refractivity contribution in [2.45, 2.75) is 13.3 Å². The molecule has 0 bridgehead atoms. The van der Waals surface area contributed by atoms with Crippen LogP contribution in [-0.2, 0) is 16.0 Å². The summed E-state index contributed by atoms with van der Waals surface area (Å²) in [5.74, 6) is -0.590. The molecule has 0 fully saturated rings. The number of anilines is 1. The summed E-state index contributed by atoms with van der Waals surface area (Å²) in [6.07, 6.45) is 0.228. The van der Waals surface area contributed by atoms with E-state index in [-0.39, 0.29) is 29.8 Å². The van der Waals surface area contributed by atoms with E-state index >= 15 is 0 Å². The summed E-state index contributed by atoms with van der Waals surface area (Å²) in [5, 5.41) is 5.81. The summed E-state index contributed by atoms with van der Waals surface area (Å²) < 4.78 is 0. The van der Waals surface area contributed by atoms with E-state index in [0.29, 0.717) is 10.7 Å². The first-order valence-electron chi connectivity index (χ1n) is 7.02. The molecular formula is C17H16Cl2N2O2. The molecule has 120 valence electrons. The maximum absolute atomic E-state index is 11.8. The van der Waals surface area contributed by atoms with Crippen molar-refractivity contribution in [2.24, 2.45) is 0 Å². The zero-order chi connectivity index (χ0) is 16.8. The molecule has 0 unspecified atom stereocenters. The fraction of sp³-hybridized carbons (Fsp3) is 0.176. The fourth-order valence-electron chi connectivity index (χ4n) is 1.93. The normalized spacial score (nSPS) is 10.2. The van der Waals surface area contributed by atoms with Crippen molar-refractivity contribution in [3.8, 4) is 0 Å². The summed E-state index contributed by atoms with van der Waals surface area (Å²) in [6, 6.07) is 12.6. The van der Waals surface area contributed by atoms with Crippen LogP contribution in [-0.4, -0.2) is 18.4 Å². The Balaban J connectivity index is 1.83. The Bertz CT molecular complexity index is 715. The van der Waals surface area contributed by atoms with Gasteiger partial charge in [-0.25, -0.2) is 0 Å². The van der Waals surface area contributed by atoms with Crippen molar-refractivity contribution in [3.05, 3.63) is 63.6 Å². The summed E-state index contributed by atoms with van der Waals surface area (Å²) in [7, 11) is 0. The summed E-state index contributed by atoms with van der Waals surface area (Å²) in [4.78, 5) is 23.7. The van der Waals surface area contributed by atoms with Gasteiger partial charge in [0.15, 0.2) is 0 Å². The minimum absolute atomic E-state index is 0.131. The van der Waals surface area contributed by atoms with Gasteiger partial charge in [-0.15, -0.1) is 0 Å². The van der Waals surface area contributed by atoms with Crippen LogP contribution in [0.2, 0.25) is 10.0 Å². The molecule has 0 aliphatic rings. The monoisotopic (exact) mass is 350 g/mol. The molecule has 0 aliphatic heterocycles. The quantitative estimate of drug-likeness (QED) is 0.865. The zero-order valence-corrected chi connectivity index (χ0v) is 14.0. The van der Waals surface area contributed by atoms with Crippen LogP contribution >= 0.6 is 23.2 Å². The van der Waals surface area contributed by atoms with Gasteiger partial charge in [0.1, 0.15) is 0 Å². The average molecular weight is 351 g/mol. The number of aryl methyl sites for hydroxylation is 1. The van der Waals surface area contributed by atoms with Gasteiger partial charge in [-0.2, -0.15) is 0 Å². The Labute approximate surface area is 144 Å². The lowest BCUT2D eigenvalue weighted by atomic mass is 10.1. The van der Waals surface area contributed by atoms with Crippen LogP contribution in [0, 0.1) is 6.92 Å². The number of rotatable bonds is 5. The summed E-state index contributed by atoms with van der Waals surface area (Å²) >= 11 is 11.9. The van der Waals surface area contributed by atoms with Gasteiger partial charge in [0.2, 0.25) is 11.8 Å². The lowest BCUT2D eigenvalue weighted by Crippen LogP contribution is -2.33. The van der Waals surface area contributed by atoms with E-state index < -0.39 is 0 Å². The van der Waals surface area contributed by atoms with Crippen LogP contribution in [0.1, 0.15) is 11.1 Å². The van der Waals surface area contributed by atoms with Gasteiger partial charge >= 0.3 is 0 Å². The standard InChI is InChI=1S/C17H16Cl2N2O2/c1-11-5-7-12(8-6-11)9-15(22)20-10-16(23)21-14-4-2-3-13(18)17(14)19/h2-8H,9-10H2,1H3,(H,20,22)(H,21,23). The first kappa shape index (κ1) is 17.3. The van der Waals surface area contributed by atoms with Crippen molar-refractivity contribution in [1.29, 1.82) is 0 Å². The van der Waals surface area contributed by atoms with Crippen LogP contribution in [0.5, 0.6) is 0 Å². The van der Waals surface area contributed by atoms with Gasteiger partial charge in [-0.05, 0) is 24.6 Å². The van der Waals surface area contributed by atoms with E-state index in [9.17, 15) is 9.59 Å². The second-order valence-electron chi connectivity index (χ2n) is 5.09. The molecule has 0 spiro atoms. The van der Waals surface area contributed by atoms with Crippen molar-refractivity contribution in [3.63, 3.8) is 0 Å². The van der Waals surface area contributed by atoms with Gasteiger partial charge in [0, 0.05) is 0 Å². The van der Waals surface area contributed by atoms with E-state index in [0.717, 1.165) is 11.1 Å². The molecule has 0 atom stereocenters. The maximum Gasteiger partial charge on any atom is 0.243 e. The molecule has 0 aliphatic carbocycles. The predicted molar refractivity (Wildman–Crippen MR) is 93.0 cm³/mol. The second-order valence-corrected chi connectivity index (χ2v) is 5.87. The molecule has 6 heteroatoms. The first-order chi connectivity index (χ1) is 11.0. The van der Waals surface area contributed by atoms with E-state index in [4.69, 9.17) is 23.2 Å². The minimum Gasteiger partial charge on any atom is -0.347 e. The number of nitrogens with one attached hydrogen (secondary N) is 2. The van der Waals surface area contributed by atoms with Crippen LogP contribution in [0.15, 0.2) is 42.5 Å². The third kappa shape index (κ3) is 5.27. The van der Waals surface area contributed by atoms with Crippen molar-refractivity contribution < 1.29 is 9.59 Å². The number of amides is 2. The highest BCUT2D eigenvalue weighted by Crippen LogP contribution is 2.29. The van der Waals surface area contributed by atoms with E-state index in [2.05, 4.69) is 10.6 Å². The topological polar surface area (TPSA) is 58.2 Å². The van der Waals surface area contributed by atoms with Gasteiger partial charge in [-0.3, -0.25) is 9.59 Å². The number of halogens is 2. The Morgan fingerprint density at radius 1 is 1.00 bits per heavy atom. The number of carbonyl (C=O) groups is 2. The first-order valence-corrected chi connectivity index (χ1v) is 7.77. The number of benzene rings is 2. The molecule has 0 saturated heterocycles. The third-order valence-electron chi connectivity index (χ3n) is 3.16. The molecule has 2 aromatic rings. The molecule has 0 aromatic heterocycles. The largest absolute Gasteiger partial charge is 0.347 e. The Hall–Kier alpha value is -2.04. The third-order valence-corrected chi connectivity index (χ3v) is 3.98. The maximum atomic E-state index is 11.8. The highest BCUT2D eigenvalue weighted by atomic mass is 35.5. The fourth-order valence-corrected chi connectivity index (χ4v) is 2.28. The average Bonchev–Trinajstić information content (AvgIpc) is 2.52. The van der Waals surface area contributed by atoms with Crippen molar-refractivity contribution in [1.82, 2.24) is 5.32 Å². The molecule has 0 heterocycles. The van der Waals surface area contributed by atoms with E-state index in [1.165, 1.54) is 0 Å². The Kier molecular flexibility index (Phi) is 6.02. The summed E-state index contributed by atoms with van der Waals surface area (Å²) in [5.41, 5.74) is 2.44. The highest BCUT2D eigenvalue weighted by molar-refractivity contribution is 6.44. The van der Waals surface area contributed by atoms with E-state index in [1.807, 2.05) is 31.2 Å². The smallest absolute Gasteiger partial charge is 0.243 e. The molecule has 2 aromatic carbocycles. The predicted octanol–water partition coefficient (Wildman–Crippen LogP) is 3.60. The molecule has 0 saturated carbocycles. The number of carbonyl (C=O) groups excluding carboxylic acids is 2. The van der Waals surface area contributed by atoms with Gasteiger partial charge in [0.05, 0.1) is 28.7 Å². The lowest BCUT2D eigenvalue weighted by Gasteiger charge is -2.09. The molecular weight excluding hydrogens is 335 g/mol. The number of hydrogen-bond donors (Lipinski definition) is 2. The van der Waals surface area contributed by atoms with Gasteiger partial charge in [0.25, 0.3) is 0 Å². The Morgan fingerprint density at radius 3 is 2.39 bits per heavy atom. The molecule has 23 heavy (non-hydrogen) atoms. The SMILES string of the molecule is Cc1ccc(CC(=O)NCC(=O)Nc2cccc(Cl)c2Cl)cc1. The van der Waals surface area contributed by atoms with Crippen LogP contribution in [0.3, 0.4) is 0 Å². The summed E-state index contributed by atoms with van der Waals surface area (Å²) in [6.45, 7) is 1.85. The van der Waals surface area contributed by atoms with Gasteiger partial charge < -0.3 is 10.6 Å². The van der Waals surface area contributed by atoms with Crippen LogP contribution < -0.4 is 10.6 Å². The van der Waals surface area contributed by atoms with Gasteiger partial charge in [-0.1, -0.05) is 59.1 Å². The molecule has 2 rings (SSSR count).